The molecule has 0 spiro atoms. The molecule has 0 aliphatic carbocycles. The Labute approximate surface area is 187 Å². The second-order valence-electron chi connectivity index (χ2n) is 7.21. The minimum Gasteiger partial charge on any atom is -0.478 e. The number of rotatable bonds is 5. The van der Waals surface area contributed by atoms with Crippen molar-refractivity contribution < 1.29 is 36.6 Å². The Morgan fingerprint density at radius 2 is 1.79 bits per heavy atom. The van der Waals surface area contributed by atoms with Gasteiger partial charge in [-0.15, -0.1) is 0 Å². The molecule has 3 aromatic carbocycles. The summed E-state index contributed by atoms with van der Waals surface area (Å²) < 4.78 is 74.3. The van der Waals surface area contributed by atoms with Crippen LogP contribution in [0.3, 0.4) is 0 Å². The van der Waals surface area contributed by atoms with Crippen LogP contribution >= 0.6 is 0 Å². The van der Waals surface area contributed by atoms with E-state index >= 15 is 0 Å². The van der Waals surface area contributed by atoms with Crippen molar-refractivity contribution >= 4 is 16.9 Å². The van der Waals surface area contributed by atoms with Crippen molar-refractivity contribution in [2.45, 2.75) is 12.7 Å². The number of benzene rings is 3. The summed E-state index contributed by atoms with van der Waals surface area (Å²) in [6, 6.07) is 9.17. The predicted octanol–water partition coefficient (Wildman–Crippen LogP) is 5.23. The van der Waals surface area contributed by atoms with Crippen LogP contribution in [-0.2, 0) is 12.7 Å². The van der Waals surface area contributed by atoms with Crippen molar-refractivity contribution in [2.24, 2.45) is 0 Å². The Hall–Kier alpha value is -4.28. The third-order valence-corrected chi connectivity index (χ3v) is 4.94. The lowest BCUT2D eigenvalue weighted by Gasteiger charge is -2.15. The van der Waals surface area contributed by atoms with Gasteiger partial charge in [0.05, 0.1) is 34.9 Å². The van der Waals surface area contributed by atoms with Crippen LogP contribution in [0.4, 0.5) is 22.0 Å². The maximum Gasteiger partial charge on any atom is 0.420 e. The van der Waals surface area contributed by atoms with Crippen LogP contribution in [0.5, 0.6) is 11.5 Å². The molecular weight excluding hydrogens is 463 g/mol. The third kappa shape index (κ3) is 4.58. The second-order valence-corrected chi connectivity index (χ2v) is 7.21. The number of carboxylic acid groups (broad SMARTS) is 1. The summed E-state index contributed by atoms with van der Waals surface area (Å²) in [6.07, 6.45) is -3.73. The molecule has 0 atom stereocenters. The summed E-state index contributed by atoms with van der Waals surface area (Å²) in [5, 5.41) is 8.96. The highest BCUT2D eigenvalue weighted by Crippen LogP contribution is 2.39. The fraction of sp³-hybridized carbons (Fsp3) is 0.0870. The van der Waals surface area contributed by atoms with Gasteiger partial charge in [-0.3, -0.25) is 4.79 Å². The Morgan fingerprint density at radius 3 is 2.47 bits per heavy atom. The molecule has 34 heavy (non-hydrogen) atoms. The summed E-state index contributed by atoms with van der Waals surface area (Å²) in [7, 11) is 0. The molecule has 174 valence electrons. The molecule has 0 radical (unpaired) electrons. The van der Waals surface area contributed by atoms with E-state index in [1.807, 2.05) is 0 Å². The number of hydrogen-bond donors (Lipinski definition) is 1. The Bertz CT molecular complexity index is 1480. The van der Waals surface area contributed by atoms with Crippen LogP contribution in [0.25, 0.3) is 10.9 Å². The molecule has 1 heterocycles. The number of hydrogen-bond acceptors (Lipinski definition) is 4. The lowest BCUT2D eigenvalue weighted by molar-refractivity contribution is -0.138. The summed E-state index contributed by atoms with van der Waals surface area (Å²) in [5.74, 6) is -3.87. The first-order valence-electron chi connectivity index (χ1n) is 9.58. The SMILES string of the molecule is O=C(O)c1ccc(Oc2ccc3c(c2)c(=O)ncn3Cc2ccc(F)cc2F)c(C(F)(F)F)c1. The zero-order chi connectivity index (χ0) is 24.6. The first-order chi connectivity index (χ1) is 16.0. The van der Waals surface area contributed by atoms with Gasteiger partial charge in [0, 0.05) is 11.6 Å². The predicted molar refractivity (Wildman–Crippen MR) is 110 cm³/mol. The zero-order valence-electron chi connectivity index (χ0n) is 16.9. The molecule has 0 saturated heterocycles. The molecule has 1 aromatic heterocycles. The van der Waals surface area contributed by atoms with E-state index in [1.54, 1.807) is 0 Å². The Balaban J connectivity index is 1.73. The molecule has 0 fully saturated rings. The first-order valence-corrected chi connectivity index (χ1v) is 9.58. The standard InChI is InChI=1S/C23H13F5N2O4/c24-14-3-1-13(18(25)8-14)10-30-11-29-21(31)16-9-15(4-5-19(16)30)34-20-6-2-12(22(32)33)7-17(20)23(26,27)28/h1-9,11H,10H2,(H,32,33). The van der Waals surface area contributed by atoms with Gasteiger partial charge in [-0.1, -0.05) is 6.07 Å². The van der Waals surface area contributed by atoms with Gasteiger partial charge in [0.25, 0.3) is 5.56 Å². The summed E-state index contributed by atoms with van der Waals surface area (Å²) in [4.78, 5) is 27.0. The number of halogens is 5. The average molecular weight is 476 g/mol. The number of fused-ring (bicyclic) bond motifs is 1. The van der Waals surface area contributed by atoms with Crippen LogP contribution in [0.1, 0.15) is 21.5 Å². The van der Waals surface area contributed by atoms with Gasteiger partial charge in [-0.25, -0.2) is 13.6 Å². The van der Waals surface area contributed by atoms with Crippen molar-refractivity contribution in [3.63, 3.8) is 0 Å². The fourth-order valence-corrected chi connectivity index (χ4v) is 3.31. The minimum atomic E-state index is -4.90. The molecule has 6 nitrogen and oxygen atoms in total. The van der Waals surface area contributed by atoms with Gasteiger partial charge in [0.15, 0.2) is 0 Å². The van der Waals surface area contributed by atoms with Crippen molar-refractivity contribution in [2.75, 3.05) is 0 Å². The maximum absolute atomic E-state index is 14.1. The van der Waals surface area contributed by atoms with Crippen molar-refractivity contribution in [3.05, 3.63) is 99.6 Å². The molecule has 4 aromatic rings. The Morgan fingerprint density at radius 1 is 1.03 bits per heavy atom. The second kappa shape index (κ2) is 8.58. The molecule has 4 rings (SSSR count). The van der Waals surface area contributed by atoms with E-state index in [2.05, 4.69) is 4.98 Å². The highest BCUT2D eigenvalue weighted by atomic mass is 19.4. The zero-order valence-corrected chi connectivity index (χ0v) is 16.9. The summed E-state index contributed by atoms with van der Waals surface area (Å²) in [6.45, 7) is -0.0923. The maximum atomic E-state index is 14.1. The van der Waals surface area contributed by atoms with E-state index in [0.29, 0.717) is 12.1 Å². The number of nitrogens with zero attached hydrogens (tertiary/aromatic N) is 2. The van der Waals surface area contributed by atoms with Crippen molar-refractivity contribution in [1.29, 1.82) is 0 Å². The number of ether oxygens (including phenoxy) is 1. The van der Waals surface area contributed by atoms with Crippen molar-refractivity contribution in [1.82, 2.24) is 9.55 Å². The Kier molecular flexibility index (Phi) is 5.78. The molecule has 0 saturated carbocycles. The quantitative estimate of drug-likeness (QED) is 0.399. The van der Waals surface area contributed by atoms with E-state index in [0.717, 1.165) is 18.2 Å². The molecule has 0 bridgehead atoms. The lowest BCUT2D eigenvalue weighted by Crippen LogP contribution is -2.14. The smallest absolute Gasteiger partial charge is 0.420 e. The molecule has 0 aliphatic rings. The molecule has 0 aliphatic heterocycles. The largest absolute Gasteiger partial charge is 0.478 e. The number of carbonyl (C=O) groups is 1. The van der Waals surface area contributed by atoms with Crippen LogP contribution in [0, 0.1) is 11.6 Å². The monoisotopic (exact) mass is 476 g/mol. The number of aromatic carboxylic acids is 1. The van der Waals surface area contributed by atoms with E-state index in [9.17, 15) is 31.5 Å². The highest BCUT2D eigenvalue weighted by molar-refractivity contribution is 5.88. The van der Waals surface area contributed by atoms with Crippen LogP contribution in [-0.4, -0.2) is 20.6 Å². The normalized spacial score (nSPS) is 11.6. The molecule has 1 N–H and O–H groups in total. The fourth-order valence-electron chi connectivity index (χ4n) is 3.31. The molecule has 0 amide bonds. The van der Waals surface area contributed by atoms with E-state index < -0.39 is 46.2 Å². The average Bonchev–Trinajstić information content (AvgIpc) is 2.77. The molecular formula is C23H13F5N2O4. The van der Waals surface area contributed by atoms with E-state index in [4.69, 9.17) is 9.84 Å². The summed E-state index contributed by atoms with van der Waals surface area (Å²) >= 11 is 0. The highest BCUT2D eigenvalue weighted by Gasteiger charge is 2.35. The topological polar surface area (TPSA) is 81.4 Å². The van der Waals surface area contributed by atoms with Gasteiger partial charge in [0.2, 0.25) is 0 Å². The van der Waals surface area contributed by atoms with Crippen LogP contribution in [0.15, 0.2) is 65.7 Å². The van der Waals surface area contributed by atoms with E-state index in [1.165, 1.54) is 35.2 Å². The molecule has 11 heteroatoms. The van der Waals surface area contributed by atoms with Gasteiger partial charge >= 0.3 is 12.1 Å². The lowest BCUT2D eigenvalue weighted by atomic mass is 10.1. The molecule has 0 unspecified atom stereocenters. The van der Waals surface area contributed by atoms with Gasteiger partial charge in [-0.05, 0) is 42.5 Å². The van der Waals surface area contributed by atoms with Gasteiger partial charge in [-0.2, -0.15) is 18.2 Å². The van der Waals surface area contributed by atoms with Gasteiger partial charge < -0.3 is 14.4 Å². The first kappa shape index (κ1) is 22.9. The number of aromatic nitrogens is 2. The van der Waals surface area contributed by atoms with Gasteiger partial charge in [0.1, 0.15) is 23.1 Å². The number of carboxylic acids is 1. The third-order valence-electron chi connectivity index (χ3n) is 4.94. The minimum absolute atomic E-state index is 0.0155. The van der Waals surface area contributed by atoms with Crippen LogP contribution < -0.4 is 10.3 Å². The summed E-state index contributed by atoms with van der Waals surface area (Å²) in [5.41, 5.74) is -2.16. The van der Waals surface area contributed by atoms with Crippen molar-refractivity contribution in [3.8, 4) is 11.5 Å². The number of alkyl halides is 3. The van der Waals surface area contributed by atoms with E-state index in [-0.39, 0.29) is 28.8 Å². The van der Waals surface area contributed by atoms with Crippen LogP contribution in [0.2, 0.25) is 0 Å².